The standard InChI is InChI=1S/C49H53ClN4O15S2.2Na/c1-5-6-7-8-9-10-11-12-13-14-25-65-49(59)33-17-24-39(50)40(27-33)52-48(58)47(45(57)32-15-20-36(64-4)21-16-32)67-37-22-18-35(19-23-37)53-54-44-42(70-69-68-60)28-34-26-38(71(61,62)63)29-41(51-30(2)55)43(34)46(44)66-31(3)56;;/h15-24,26-29,47,60H,5-14,25H2,1-4H3,(H,51,55)(H,52,58)(H,61,62,63);;/q;2*+1/p-2. The number of amides is 2. The Morgan fingerprint density at radius 3 is 1.96 bits per heavy atom. The molecule has 0 bridgehead atoms. The summed E-state index contributed by atoms with van der Waals surface area (Å²) in [5, 5.41) is 27.8. The molecule has 0 radical (unpaired) electrons. The van der Waals surface area contributed by atoms with Crippen molar-refractivity contribution in [2.75, 3.05) is 24.4 Å². The third kappa shape index (κ3) is 19.3. The van der Waals surface area contributed by atoms with E-state index < -0.39 is 50.7 Å². The summed E-state index contributed by atoms with van der Waals surface area (Å²) in [6, 6.07) is 18.7. The molecule has 1 atom stereocenters. The smallest absolute Gasteiger partial charge is 0.744 e. The SMILES string of the molecule is CCCCCCCCCCCCOC(=O)c1ccc(Cl)c(NC(=O)C(Oc2ccc(N=Nc3c(SOO[O-])cc4cc(S(=O)(=O)[O-])cc(NC(C)=O)c4c3OC(C)=O)cc2)C(=O)c2ccc(OC)cc2)c1.[Na+].[Na+]. The molecule has 0 spiro atoms. The first-order valence-electron chi connectivity index (χ1n) is 22.4. The molecular weight excluding hydrogens is 1030 g/mol. The van der Waals surface area contributed by atoms with E-state index in [1.807, 2.05) is 0 Å². The molecule has 0 aliphatic carbocycles. The van der Waals surface area contributed by atoms with Crippen molar-refractivity contribution in [3.8, 4) is 17.2 Å². The summed E-state index contributed by atoms with van der Waals surface area (Å²) >= 11 is 6.75. The van der Waals surface area contributed by atoms with Crippen LogP contribution in [-0.4, -0.2) is 62.3 Å². The Bertz CT molecular complexity index is 2840. The first kappa shape index (κ1) is 62.8. The predicted octanol–water partition coefficient (Wildman–Crippen LogP) is 4.29. The van der Waals surface area contributed by atoms with E-state index in [4.69, 9.17) is 30.5 Å². The Labute approximate surface area is 476 Å². The van der Waals surface area contributed by atoms with E-state index in [2.05, 4.69) is 37.2 Å². The molecule has 378 valence electrons. The normalized spacial score (nSPS) is 11.5. The molecule has 0 heterocycles. The van der Waals surface area contributed by atoms with Crippen molar-refractivity contribution >= 4 is 96.8 Å². The van der Waals surface area contributed by atoms with Crippen LogP contribution in [0.4, 0.5) is 22.7 Å². The van der Waals surface area contributed by atoms with Gasteiger partial charge < -0.3 is 39.4 Å². The Balaban J connectivity index is 0.00000703. The summed E-state index contributed by atoms with van der Waals surface area (Å²) in [6.45, 7) is 4.58. The van der Waals surface area contributed by atoms with Crippen LogP contribution in [0.2, 0.25) is 5.02 Å². The quantitative estimate of drug-likeness (QED) is 0.00635. The van der Waals surface area contributed by atoms with E-state index in [1.165, 1.54) is 118 Å². The van der Waals surface area contributed by atoms with Crippen molar-refractivity contribution in [2.24, 2.45) is 10.2 Å². The van der Waals surface area contributed by atoms with E-state index in [0.29, 0.717) is 12.2 Å². The van der Waals surface area contributed by atoms with Crippen LogP contribution in [-0.2, 0) is 38.6 Å². The zero-order valence-electron chi connectivity index (χ0n) is 41.2. The molecule has 1 unspecified atom stereocenters. The summed E-state index contributed by atoms with van der Waals surface area (Å²) < 4.78 is 62.9. The van der Waals surface area contributed by atoms with Crippen LogP contribution in [0.25, 0.3) is 10.8 Å². The van der Waals surface area contributed by atoms with Crippen LogP contribution in [0, 0.1) is 0 Å². The molecule has 0 aromatic heterocycles. The number of halogens is 1. The average Bonchev–Trinajstić information content (AvgIpc) is 3.33. The van der Waals surface area contributed by atoms with Crippen LogP contribution in [0.15, 0.2) is 105 Å². The van der Waals surface area contributed by atoms with Crippen LogP contribution >= 0.6 is 23.6 Å². The van der Waals surface area contributed by atoms with Crippen molar-refractivity contribution in [3.63, 3.8) is 0 Å². The van der Waals surface area contributed by atoms with Gasteiger partial charge in [0.05, 0.1) is 68.6 Å². The van der Waals surface area contributed by atoms with Crippen molar-refractivity contribution < 1.29 is 130 Å². The maximum atomic E-state index is 14.0. The molecule has 2 amide bonds. The molecule has 0 fully saturated rings. The number of azo groups is 1. The fourth-order valence-electron chi connectivity index (χ4n) is 7.08. The fourth-order valence-corrected chi connectivity index (χ4v) is 8.27. The van der Waals surface area contributed by atoms with E-state index in [0.717, 1.165) is 45.2 Å². The van der Waals surface area contributed by atoms with Gasteiger partial charge in [-0.3, -0.25) is 24.2 Å². The number of nitrogens with zero attached hydrogens (tertiary/aromatic N) is 2. The van der Waals surface area contributed by atoms with E-state index in [9.17, 15) is 42.2 Å². The number of nitrogens with one attached hydrogen (secondary N) is 2. The third-order valence-electron chi connectivity index (χ3n) is 10.5. The first-order chi connectivity index (χ1) is 34.0. The van der Waals surface area contributed by atoms with Gasteiger partial charge in [0, 0.05) is 19.4 Å². The number of fused-ring (bicyclic) bond motifs is 1. The molecular formula is C49H51ClN4Na2O15S2. The number of benzene rings is 5. The second-order valence-corrected chi connectivity index (χ2v) is 18.4. The number of anilines is 2. The Morgan fingerprint density at radius 2 is 1.37 bits per heavy atom. The van der Waals surface area contributed by atoms with Gasteiger partial charge in [-0.25, -0.2) is 13.2 Å². The van der Waals surface area contributed by atoms with Gasteiger partial charge in [-0.2, -0.15) is 9.45 Å². The zero-order chi connectivity index (χ0) is 51.5. The van der Waals surface area contributed by atoms with Gasteiger partial charge in [0.15, 0.2) is 5.75 Å². The monoisotopic (exact) mass is 1080 g/mol. The second kappa shape index (κ2) is 31.4. The molecule has 0 aliphatic heterocycles. The van der Waals surface area contributed by atoms with Crippen molar-refractivity contribution in [2.45, 2.75) is 101 Å². The average molecular weight is 1080 g/mol. The minimum absolute atomic E-state index is 0. The molecule has 5 aromatic carbocycles. The molecule has 5 rings (SSSR count). The molecule has 73 heavy (non-hydrogen) atoms. The number of carbonyl (C=O) groups is 5. The minimum Gasteiger partial charge on any atom is -0.744 e. The molecule has 0 saturated heterocycles. The summed E-state index contributed by atoms with van der Waals surface area (Å²) in [5.74, 6) is -3.79. The second-order valence-electron chi connectivity index (χ2n) is 15.9. The number of ketones is 1. The molecule has 19 nitrogen and oxygen atoms in total. The fraction of sp³-hybridized carbons (Fsp3) is 0.327. The van der Waals surface area contributed by atoms with Gasteiger partial charge in [-0.1, -0.05) is 76.3 Å². The number of rotatable bonds is 27. The Kier molecular flexibility index (Phi) is 27.1. The molecule has 5 aromatic rings. The number of hydrogen-bond donors (Lipinski definition) is 2. The largest absolute Gasteiger partial charge is 1.00 e. The number of ether oxygens (including phenoxy) is 4. The molecule has 24 heteroatoms. The summed E-state index contributed by atoms with van der Waals surface area (Å²) in [4.78, 5) is 64.8. The topological polar surface area (TPSA) is 270 Å². The van der Waals surface area contributed by atoms with Gasteiger partial charge in [-0.15, -0.1) is 5.11 Å². The Morgan fingerprint density at radius 1 is 0.753 bits per heavy atom. The van der Waals surface area contributed by atoms with Crippen molar-refractivity contribution in [1.29, 1.82) is 0 Å². The van der Waals surface area contributed by atoms with Gasteiger partial charge >= 0.3 is 71.1 Å². The van der Waals surface area contributed by atoms with E-state index >= 15 is 0 Å². The van der Waals surface area contributed by atoms with Crippen LogP contribution in [0.5, 0.6) is 17.2 Å². The summed E-state index contributed by atoms with van der Waals surface area (Å²) in [5.41, 5.74) is -0.165. The summed E-state index contributed by atoms with van der Waals surface area (Å²) in [7, 11) is -3.63. The van der Waals surface area contributed by atoms with Gasteiger partial charge in [0.2, 0.25) is 17.8 Å². The maximum Gasteiger partial charge on any atom is 1.00 e. The molecule has 0 aliphatic rings. The van der Waals surface area contributed by atoms with Gasteiger partial charge in [0.25, 0.3) is 5.91 Å². The number of unbranched alkanes of at least 4 members (excludes halogenated alkanes) is 9. The van der Waals surface area contributed by atoms with Gasteiger partial charge in [0.1, 0.15) is 27.3 Å². The molecule has 0 saturated carbocycles. The molecule has 2 N–H and O–H groups in total. The Hall–Kier alpha value is -4.46. The predicted molar refractivity (Wildman–Crippen MR) is 260 cm³/mol. The third-order valence-corrected chi connectivity index (χ3v) is 12.3. The maximum absolute atomic E-state index is 14.0. The van der Waals surface area contributed by atoms with Crippen LogP contribution in [0.1, 0.15) is 106 Å². The van der Waals surface area contributed by atoms with Crippen molar-refractivity contribution in [3.05, 3.63) is 101 Å². The zero-order valence-corrected chi connectivity index (χ0v) is 47.5. The van der Waals surface area contributed by atoms with Crippen LogP contribution < -0.4 is 89.2 Å². The number of Topliss-reactive ketones (excluding diaryl/α,β-unsaturated/α-hetero) is 1. The van der Waals surface area contributed by atoms with E-state index in [1.54, 1.807) is 0 Å². The van der Waals surface area contributed by atoms with E-state index in [-0.39, 0.29) is 144 Å². The number of methoxy groups -OCH3 is 1. The number of hydrogen-bond acceptors (Lipinski definition) is 18. The summed E-state index contributed by atoms with van der Waals surface area (Å²) in [6.07, 6.45) is 9.44. The van der Waals surface area contributed by atoms with Crippen molar-refractivity contribution in [1.82, 2.24) is 0 Å². The number of esters is 2. The van der Waals surface area contributed by atoms with Gasteiger partial charge in [-0.05, 0) is 96.7 Å². The van der Waals surface area contributed by atoms with Crippen LogP contribution in [0.3, 0.4) is 0 Å². The number of carbonyl (C=O) groups excluding carboxylic acids is 5. The first-order valence-corrected chi connectivity index (χ1v) is 24.9. The minimum atomic E-state index is -5.08.